The molecule has 158 valence electrons. The molecule has 1 aliphatic heterocycles. The monoisotopic (exact) mass is 463 g/mol. The molecule has 3 aromatic rings. The zero-order valence-corrected chi connectivity index (χ0v) is 18.6. The van der Waals surface area contributed by atoms with Gasteiger partial charge in [-0.3, -0.25) is 4.79 Å². The van der Waals surface area contributed by atoms with Crippen molar-refractivity contribution in [3.63, 3.8) is 0 Å². The summed E-state index contributed by atoms with van der Waals surface area (Å²) in [5.74, 6) is 0.0310. The van der Waals surface area contributed by atoms with Gasteiger partial charge in [-0.15, -0.1) is 0 Å². The van der Waals surface area contributed by atoms with Crippen LogP contribution < -0.4 is 0 Å². The topological polar surface area (TPSA) is 62.6 Å². The Labute approximate surface area is 185 Å². The minimum absolute atomic E-state index is 0.0310. The zero-order chi connectivity index (χ0) is 21.1. The van der Waals surface area contributed by atoms with Gasteiger partial charge in [0.1, 0.15) is 0 Å². The van der Waals surface area contributed by atoms with Gasteiger partial charge < -0.3 is 9.47 Å². The summed E-state index contributed by atoms with van der Waals surface area (Å²) >= 11 is 7.47. The quantitative estimate of drug-likeness (QED) is 0.559. The molecule has 0 spiro atoms. The van der Waals surface area contributed by atoms with Gasteiger partial charge in [-0.05, 0) is 58.8 Å². The molecule has 0 N–H and O–H groups in total. The number of carbonyl (C=O) groups is 1. The van der Waals surface area contributed by atoms with Crippen molar-refractivity contribution in [1.82, 2.24) is 13.8 Å². The number of nitrogens with zero attached hydrogens (tertiary/aromatic N) is 3. The SMILES string of the molecule is O=C(C[C@H](c1ccsc1)n1cccc1)N1CCN(S(=O)(=O)c2ccc(Cl)cc2)CC1. The third-order valence-corrected chi connectivity index (χ3v) is 8.19. The molecule has 0 bridgehead atoms. The van der Waals surface area contributed by atoms with Gasteiger partial charge in [0, 0.05) is 43.6 Å². The average molecular weight is 464 g/mol. The summed E-state index contributed by atoms with van der Waals surface area (Å²) in [6.07, 6.45) is 4.27. The standard InChI is InChI=1S/C21H22ClN3O3S2/c22-18-3-5-19(6-4-18)30(27,28)25-12-10-24(11-13-25)21(26)15-20(17-7-14-29-16-17)23-8-1-2-9-23/h1-9,14,16,20H,10-13,15H2/t20-/m1/s1. The van der Waals surface area contributed by atoms with Crippen LogP contribution in [0.25, 0.3) is 0 Å². The zero-order valence-electron chi connectivity index (χ0n) is 16.2. The minimum Gasteiger partial charge on any atom is -0.346 e. The van der Waals surface area contributed by atoms with E-state index < -0.39 is 10.0 Å². The molecule has 9 heteroatoms. The predicted octanol–water partition coefficient (Wildman–Crippen LogP) is 3.72. The van der Waals surface area contributed by atoms with Gasteiger partial charge in [-0.1, -0.05) is 11.6 Å². The first kappa shape index (κ1) is 21.1. The highest BCUT2D eigenvalue weighted by Crippen LogP contribution is 2.26. The van der Waals surface area contributed by atoms with Crippen molar-refractivity contribution in [2.75, 3.05) is 26.2 Å². The molecule has 4 rings (SSSR count). The Kier molecular flexibility index (Phi) is 6.29. The maximum atomic E-state index is 13.0. The number of benzene rings is 1. The number of rotatable bonds is 6. The second kappa shape index (κ2) is 8.93. The molecule has 2 aromatic heterocycles. The van der Waals surface area contributed by atoms with E-state index in [9.17, 15) is 13.2 Å². The molecular formula is C21H22ClN3O3S2. The van der Waals surface area contributed by atoms with Crippen LogP contribution >= 0.6 is 22.9 Å². The summed E-state index contributed by atoms with van der Waals surface area (Å²) in [7, 11) is -3.59. The van der Waals surface area contributed by atoms with Gasteiger partial charge in [0.15, 0.2) is 0 Å². The summed E-state index contributed by atoms with van der Waals surface area (Å²) < 4.78 is 29.2. The molecule has 30 heavy (non-hydrogen) atoms. The second-order valence-electron chi connectivity index (χ2n) is 7.15. The van der Waals surface area contributed by atoms with Crippen LogP contribution in [0, 0.1) is 0 Å². The summed E-state index contributed by atoms with van der Waals surface area (Å²) in [6.45, 7) is 1.33. The van der Waals surface area contributed by atoms with Crippen LogP contribution in [0.4, 0.5) is 0 Å². The van der Waals surface area contributed by atoms with E-state index in [1.807, 2.05) is 40.5 Å². The lowest BCUT2D eigenvalue weighted by molar-refractivity contribution is -0.133. The molecule has 1 aliphatic rings. The van der Waals surface area contributed by atoms with E-state index in [4.69, 9.17) is 11.6 Å². The van der Waals surface area contributed by atoms with Crippen molar-refractivity contribution in [2.24, 2.45) is 0 Å². The van der Waals surface area contributed by atoms with Crippen LogP contribution in [0.2, 0.25) is 5.02 Å². The van der Waals surface area contributed by atoms with Crippen molar-refractivity contribution in [3.8, 4) is 0 Å². The molecule has 0 radical (unpaired) electrons. The Balaban J connectivity index is 1.41. The smallest absolute Gasteiger partial charge is 0.243 e. The summed E-state index contributed by atoms with van der Waals surface area (Å²) in [5.41, 5.74) is 1.11. The fraction of sp³-hybridized carbons (Fsp3) is 0.286. The summed E-state index contributed by atoms with van der Waals surface area (Å²) in [4.78, 5) is 15.0. The van der Waals surface area contributed by atoms with Crippen LogP contribution in [-0.4, -0.2) is 54.3 Å². The van der Waals surface area contributed by atoms with Gasteiger partial charge in [0.25, 0.3) is 0 Å². The van der Waals surface area contributed by atoms with Gasteiger partial charge in [-0.2, -0.15) is 15.6 Å². The Morgan fingerprint density at radius 1 is 1.03 bits per heavy atom. The van der Waals surface area contributed by atoms with E-state index in [0.29, 0.717) is 24.5 Å². The first-order chi connectivity index (χ1) is 14.4. The number of piperazine rings is 1. The highest BCUT2D eigenvalue weighted by molar-refractivity contribution is 7.89. The molecular weight excluding hydrogens is 442 g/mol. The van der Waals surface area contributed by atoms with Crippen molar-refractivity contribution < 1.29 is 13.2 Å². The minimum atomic E-state index is -3.59. The van der Waals surface area contributed by atoms with Crippen LogP contribution in [0.3, 0.4) is 0 Å². The lowest BCUT2D eigenvalue weighted by Gasteiger charge is -2.34. The Morgan fingerprint density at radius 3 is 2.30 bits per heavy atom. The van der Waals surface area contributed by atoms with Crippen molar-refractivity contribution in [3.05, 3.63) is 76.2 Å². The van der Waals surface area contributed by atoms with Crippen LogP contribution in [-0.2, 0) is 14.8 Å². The van der Waals surface area contributed by atoms with E-state index in [1.165, 1.54) is 16.4 Å². The number of carbonyl (C=O) groups excluding carboxylic acids is 1. The van der Waals surface area contributed by atoms with E-state index in [2.05, 4.69) is 5.38 Å². The number of thiophene rings is 1. The molecule has 1 saturated heterocycles. The number of hydrogen-bond acceptors (Lipinski definition) is 4. The second-order valence-corrected chi connectivity index (χ2v) is 10.3. The van der Waals surface area contributed by atoms with E-state index in [-0.39, 0.29) is 29.9 Å². The highest BCUT2D eigenvalue weighted by Gasteiger charge is 2.31. The molecule has 6 nitrogen and oxygen atoms in total. The maximum Gasteiger partial charge on any atom is 0.243 e. The van der Waals surface area contributed by atoms with Gasteiger partial charge in [0.05, 0.1) is 17.4 Å². The molecule has 0 saturated carbocycles. The number of hydrogen-bond donors (Lipinski definition) is 0. The molecule has 1 fully saturated rings. The van der Waals surface area contributed by atoms with Crippen LogP contribution in [0.1, 0.15) is 18.0 Å². The van der Waals surface area contributed by atoms with Crippen molar-refractivity contribution in [1.29, 1.82) is 0 Å². The molecule has 1 atom stereocenters. The van der Waals surface area contributed by atoms with E-state index in [0.717, 1.165) is 5.56 Å². The molecule has 0 unspecified atom stereocenters. The number of amides is 1. The fourth-order valence-corrected chi connectivity index (χ4v) is 5.90. The third-order valence-electron chi connectivity index (χ3n) is 5.33. The largest absolute Gasteiger partial charge is 0.346 e. The Morgan fingerprint density at radius 2 is 1.70 bits per heavy atom. The lowest BCUT2D eigenvalue weighted by Crippen LogP contribution is -2.50. The van der Waals surface area contributed by atoms with E-state index in [1.54, 1.807) is 28.4 Å². The Bertz CT molecular complexity index is 1040. The van der Waals surface area contributed by atoms with Gasteiger partial charge in [-0.25, -0.2) is 8.42 Å². The molecule has 3 heterocycles. The third kappa shape index (κ3) is 4.46. The summed E-state index contributed by atoms with van der Waals surface area (Å²) in [5, 5.41) is 4.57. The first-order valence-corrected chi connectivity index (χ1v) is 12.4. The summed E-state index contributed by atoms with van der Waals surface area (Å²) in [6, 6.07) is 12.0. The molecule has 1 aromatic carbocycles. The number of aromatic nitrogens is 1. The van der Waals surface area contributed by atoms with Gasteiger partial charge in [0.2, 0.25) is 15.9 Å². The fourth-order valence-electron chi connectivity index (χ4n) is 3.64. The highest BCUT2D eigenvalue weighted by atomic mass is 35.5. The van der Waals surface area contributed by atoms with Gasteiger partial charge >= 0.3 is 0 Å². The predicted molar refractivity (Wildman–Crippen MR) is 118 cm³/mol. The van der Waals surface area contributed by atoms with Crippen LogP contribution in [0.15, 0.2) is 70.5 Å². The van der Waals surface area contributed by atoms with E-state index >= 15 is 0 Å². The maximum absolute atomic E-state index is 13.0. The van der Waals surface area contributed by atoms with Crippen molar-refractivity contribution in [2.45, 2.75) is 17.4 Å². The van der Waals surface area contributed by atoms with Crippen molar-refractivity contribution >= 4 is 38.9 Å². The number of sulfonamides is 1. The molecule has 0 aliphatic carbocycles. The lowest BCUT2D eigenvalue weighted by atomic mass is 10.1. The van der Waals surface area contributed by atoms with Crippen LogP contribution in [0.5, 0.6) is 0 Å². The number of halogens is 1. The average Bonchev–Trinajstić information content (AvgIpc) is 3.47. The Hall–Kier alpha value is -2.13. The first-order valence-electron chi connectivity index (χ1n) is 9.63. The molecule has 1 amide bonds. The normalized spacial score (nSPS) is 16.5.